The van der Waals surface area contributed by atoms with Gasteiger partial charge in [0.1, 0.15) is 0 Å². The molecule has 2 aliphatic rings. The molecule has 1 heterocycles. The normalized spacial score (nSPS) is 28.9. The number of carboxylic acid groups (broad SMARTS) is 1. The molecule has 5 heteroatoms. The van der Waals surface area contributed by atoms with Gasteiger partial charge >= 0.3 is 12.0 Å². The van der Waals surface area contributed by atoms with Crippen LogP contribution in [-0.2, 0) is 4.79 Å². The van der Waals surface area contributed by atoms with Crippen molar-refractivity contribution < 1.29 is 14.7 Å². The lowest BCUT2D eigenvalue weighted by Crippen LogP contribution is -2.46. The van der Waals surface area contributed by atoms with Gasteiger partial charge in [0.2, 0.25) is 0 Å². The fraction of sp³-hybridized carbons (Fsp3) is 0.833. The van der Waals surface area contributed by atoms with Gasteiger partial charge in [0.05, 0.1) is 5.92 Å². The maximum Gasteiger partial charge on any atom is 0.317 e. The van der Waals surface area contributed by atoms with Gasteiger partial charge in [-0.25, -0.2) is 4.79 Å². The van der Waals surface area contributed by atoms with E-state index in [1.807, 2.05) is 0 Å². The van der Waals surface area contributed by atoms with Crippen LogP contribution in [0.5, 0.6) is 0 Å². The second-order valence-corrected chi connectivity index (χ2v) is 5.06. The largest absolute Gasteiger partial charge is 0.481 e. The first-order valence-electron chi connectivity index (χ1n) is 6.40. The fourth-order valence-electron chi connectivity index (χ4n) is 2.45. The maximum atomic E-state index is 11.9. The molecule has 0 aromatic carbocycles. The number of hydrogen-bond donors (Lipinski definition) is 2. The summed E-state index contributed by atoms with van der Waals surface area (Å²) < 4.78 is 0. The van der Waals surface area contributed by atoms with Gasteiger partial charge in [-0.3, -0.25) is 4.79 Å². The van der Waals surface area contributed by atoms with Crippen molar-refractivity contribution >= 4 is 12.0 Å². The van der Waals surface area contributed by atoms with E-state index in [4.69, 9.17) is 5.11 Å². The van der Waals surface area contributed by atoms with Crippen LogP contribution in [-0.4, -0.2) is 41.1 Å². The summed E-state index contributed by atoms with van der Waals surface area (Å²) in [6.07, 6.45) is 3.36. The number of amides is 2. The van der Waals surface area contributed by atoms with Gasteiger partial charge in [-0.15, -0.1) is 0 Å². The van der Waals surface area contributed by atoms with Crippen LogP contribution in [0.15, 0.2) is 0 Å². The number of nitrogens with zero attached hydrogens (tertiary/aromatic N) is 1. The molecule has 2 atom stereocenters. The van der Waals surface area contributed by atoms with Gasteiger partial charge in [-0.05, 0) is 25.2 Å². The molecule has 2 rings (SSSR count). The molecule has 0 aromatic heterocycles. The minimum absolute atomic E-state index is 0.0187. The quantitative estimate of drug-likeness (QED) is 0.781. The predicted octanol–water partition coefficient (Wildman–Crippen LogP) is 1.29. The average Bonchev–Trinajstić information content (AvgIpc) is 3.07. The zero-order valence-corrected chi connectivity index (χ0v) is 10.2. The molecule has 5 nitrogen and oxygen atoms in total. The third-order valence-electron chi connectivity index (χ3n) is 3.89. The van der Waals surface area contributed by atoms with E-state index in [1.165, 1.54) is 0 Å². The zero-order valence-electron chi connectivity index (χ0n) is 10.2. The van der Waals surface area contributed by atoms with Crippen molar-refractivity contribution in [3.8, 4) is 0 Å². The first-order chi connectivity index (χ1) is 8.11. The first-order valence-corrected chi connectivity index (χ1v) is 6.40. The average molecular weight is 240 g/mol. The fourth-order valence-corrected chi connectivity index (χ4v) is 2.45. The van der Waals surface area contributed by atoms with Crippen LogP contribution in [0.25, 0.3) is 0 Å². The SMILES string of the molecule is CC[C@@H]1C[C@H]1NC(=O)N1CCC(C(=O)O)CC1. The van der Waals surface area contributed by atoms with E-state index in [0.717, 1.165) is 12.8 Å². The standard InChI is InChI=1S/C12H20N2O3/c1-2-8-7-10(8)13-12(17)14-5-3-9(4-6-14)11(15)16/h8-10H,2-7H2,1H3,(H,13,17)(H,15,16)/t8-,10-/m1/s1. The molecular weight excluding hydrogens is 220 g/mol. The summed E-state index contributed by atoms with van der Waals surface area (Å²) in [6, 6.07) is 0.333. The molecule has 1 saturated heterocycles. The number of carbonyl (C=O) groups excluding carboxylic acids is 1. The molecular formula is C12H20N2O3. The van der Waals surface area contributed by atoms with E-state index in [2.05, 4.69) is 12.2 Å². The van der Waals surface area contributed by atoms with Gasteiger partial charge in [0.25, 0.3) is 0 Å². The number of piperidine rings is 1. The van der Waals surface area contributed by atoms with Crippen molar-refractivity contribution in [2.75, 3.05) is 13.1 Å². The predicted molar refractivity (Wildman–Crippen MR) is 62.7 cm³/mol. The Balaban J connectivity index is 1.73. The summed E-state index contributed by atoms with van der Waals surface area (Å²) in [5.41, 5.74) is 0. The molecule has 1 aliphatic heterocycles. The highest BCUT2D eigenvalue weighted by molar-refractivity contribution is 5.76. The number of likely N-dealkylation sites (tertiary alicyclic amines) is 1. The van der Waals surface area contributed by atoms with Crippen LogP contribution < -0.4 is 5.32 Å². The highest BCUT2D eigenvalue weighted by Gasteiger charge is 2.38. The zero-order chi connectivity index (χ0) is 12.4. The highest BCUT2D eigenvalue weighted by Crippen LogP contribution is 2.33. The Kier molecular flexibility index (Phi) is 3.54. The topological polar surface area (TPSA) is 69.6 Å². The molecule has 96 valence electrons. The molecule has 0 bridgehead atoms. The summed E-state index contributed by atoms with van der Waals surface area (Å²) in [7, 11) is 0. The van der Waals surface area contributed by atoms with E-state index < -0.39 is 5.97 Å². The number of urea groups is 1. The number of rotatable bonds is 3. The van der Waals surface area contributed by atoms with Crippen molar-refractivity contribution in [1.29, 1.82) is 0 Å². The molecule has 1 saturated carbocycles. The van der Waals surface area contributed by atoms with E-state index in [9.17, 15) is 9.59 Å². The van der Waals surface area contributed by atoms with Gasteiger partial charge in [-0.2, -0.15) is 0 Å². The molecule has 2 fully saturated rings. The molecule has 2 amide bonds. The van der Waals surface area contributed by atoms with Crippen LogP contribution in [0.3, 0.4) is 0 Å². The Hall–Kier alpha value is -1.26. The molecule has 0 aromatic rings. The van der Waals surface area contributed by atoms with E-state index in [0.29, 0.717) is 37.9 Å². The van der Waals surface area contributed by atoms with Gasteiger partial charge in [0, 0.05) is 19.1 Å². The maximum absolute atomic E-state index is 11.9. The Morgan fingerprint density at radius 2 is 2.00 bits per heavy atom. The minimum Gasteiger partial charge on any atom is -0.481 e. The molecule has 1 aliphatic carbocycles. The Morgan fingerprint density at radius 3 is 2.47 bits per heavy atom. The van der Waals surface area contributed by atoms with Crippen molar-refractivity contribution in [1.82, 2.24) is 10.2 Å². The Morgan fingerprint density at radius 1 is 1.35 bits per heavy atom. The van der Waals surface area contributed by atoms with Crippen LogP contribution in [0.4, 0.5) is 4.79 Å². The molecule has 2 N–H and O–H groups in total. The van der Waals surface area contributed by atoms with Crippen molar-refractivity contribution in [3.05, 3.63) is 0 Å². The third kappa shape index (κ3) is 2.90. The summed E-state index contributed by atoms with van der Waals surface area (Å²) in [5, 5.41) is 11.9. The van der Waals surface area contributed by atoms with E-state index >= 15 is 0 Å². The number of nitrogens with one attached hydrogen (secondary N) is 1. The number of carboxylic acids is 1. The third-order valence-corrected chi connectivity index (χ3v) is 3.89. The van der Waals surface area contributed by atoms with Gasteiger partial charge in [-0.1, -0.05) is 13.3 Å². The lowest BCUT2D eigenvalue weighted by atomic mass is 9.97. The first kappa shape index (κ1) is 12.2. The second-order valence-electron chi connectivity index (χ2n) is 5.06. The van der Waals surface area contributed by atoms with Gasteiger partial charge < -0.3 is 15.3 Å². The van der Waals surface area contributed by atoms with Crippen molar-refractivity contribution in [2.24, 2.45) is 11.8 Å². The van der Waals surface area contributed by atoms with Crippen molar-refractivity contribution in [2.45, 2.75) is 38.6 Å². The molecule has 0 spiro atoms. The smallest absolute Gasteiger partial charge is 0.317 e. The number of aliphatic carboxylic acids is 1. The summed E-state index contributed by atoms with van der Waals surface area (Å²) in [6.45, 7) is 3.26. The monoisotopic (exact) mass is 240 g/mol. The van der Waals surface area contributed by atoms with Crippen LogP contribution in [0.2, 0.25) is 0 Å². The Bertz CT molecular complexity index is 311. The van der Waals surface area contributed by atoms with Crippen LogP contribution in [0, 0.1) is 11.8 Å². The number of hydrogen-bond acceptors (Lipinski definition) is 2. The Labute approximate surface area is 101 Å². The van der Waals surface area contributed by atoms with Crippen LogP contribution in [0.1, 0.15) is 32.6 Å². The molecule has 0 radical (unpaired) electrons. The number of carbonyl (C=O) groups is 2. The minimum atomic E-state index is -0.738. The lowest BCUT2D eigenvalue weighted by molar-refractivity contribution is -0.143. The summed E-state index contributed by atoms with van der Waals surface area (Å²) in [4.78, 5) is 24.4. The van der Waals surface area contributed by atoms with Crippen LogP contribution >= 0.6 is 0 Å². The second kappa shape index (κ2) is 4.94. The lowest BCUT2D eigenvalue weighted by Gasteiger charge is -2.30. The van der Waals surface area contributed by atoms with Gasteiger partial charge in [0.15, 0.2) is 0 Å². The van der Waals surface area contributed by atoms with Crippen molar-refractivity contribution in [3.63, 3.8) is 0 Å². The van der Waals surface area contributed by atoms with E-state index in [1.54, 1.807) is 4.90 Å². The summed E-state index contributed by atoms with van der Waals surface area (Å²) >= 11 is 0. The highest BCUT2D eigenvalue weighted by atomic mass is 16.4. The molecule has 0 unspecified atom stereocenters. The van der Waals surface area contributed by atoms with E-state index in [-0.39, 0.29) is 11.9 Å². The summed E-state index contributed by atoms with van der Waals surface area (Å²) in [5.74, 6) is -0.364. The molecule has 17 heavy (non-hydrogen) atoms.